The molecule has 1 fully saturated rings. The van der Waals surface area contributed by atoms with E-state index in [4.69, 9.17) is 5.73 Å². The summed E-state index contributed by atoms with van der Waals surface area (Å²) in [6, 6.07) is 17.3. The number of likely N-dealkylation sites (N-methyl/N-ethyl adjacent to an activating group) is 1. The molecule has 1 saturated heterocycles. The highest BCUT2D eigenvalue weighted by molar-refractivity contribution is 8.18. The van der Waals surface area contributed by atoms with Gasteiger partial charge in [-0.1, -0.05) is 36.4 Å². The molecule has 2 amide bonds. The van der Waals surface area contributed by atoms with Crippen LogP contribution in [0.15, 0.2) is 70.7 Å². The molecule has 7 heteroatoms. The van der Waals surface area contributed by atoms with Gasteiger partial charge in [-0.05, 0) is 43.0 Å². The Bertz CT molecular complexity index is 1150. The molecule has 0 radical (unpaired) electrons. The van der Waals surface area contributed by atoms with E-state index in [-0.39, 0.29) is 12.5 Å². The summed E-state index contributed by atoms with van der Waals surface area (Å²) in [5.74, 6) is -0.482. The number of para-hydroxylation sites is 2. The molecule has 1 aliphatic heterocycles. The first-order valence-electron chi connectivity index (χ1n) is 9.28. The van der Waals surface area contributed by atoms with Gasteiger partial charge in [0.2, 0.25) is 5.91 Å². The van der Waals surface area contributed by atoms with Gasteiger partial charge in [0.15, 0.2) is 5.17 Å². The molecule has 2 N–H and O–H groups in total. The first-order valence-corrected chi connectivity index (χ1v) is 10.1. The third-order valence-electron chi connectivity index (χ3n) is 4.62. The number of thioether (sulfide) groups is 1. The van der Waals surface area contributed by atoms with Crippen LogP contribution in [0.3, 0.4) is 0 Å². The molecule has 146 valence electrons. The Kier molecular flexibility index (Phi) is 5.22. The molecule has 0 saturated carbocycles. The third-order valence-corrected chi connectivity index (χ3v) is 5.62. The van der Waals surface area contributed by atoms with E-state index in [2.05, 4.69) is 4.99 Å². The molecule has 2 aromatic carbocycles. The van der Waals surface area contributed by atoms with E-state index >= 15 is 0 Å². The predicted octanol–water partition coefficient (Wildman–Crippen LogP) is 3.75. The van der Waals surface area contributed by atoms with E-state index in [9.17, 15) is 9.59 Å². The number of carbonyl (C=O) groups excluding carboxylic acids is 2. The van der Waals surface area contributed by atoms with E-state index in [1.54, 1.807) is 4.90 Å². The molecule has 0 unspecified atom stereocenters. The van der Waals surface area contributed by atoms with Crippen molar-refractivity contribution in [3.05, 3.63) is 71.3 Å². The lowest BCUT2D eigenvalue weighted by atomic mass is 10.1. The number of amides is 2. The molecular weight excluding hydrogens is 384 g/mol. The molecule has 0 bridgehead atoms. The molecule has 1 aliphatic rings. The van der Waals surface area contributed by atoms with Crippen molar-refractivity contribution < 1.29 is 9.59 Å². The number of amidine groups is 1. The molecule has 3 aromatic rings. The van der Waals surface area contributed by atoms with Gasteiger partial charge in [-0.15, -0.1) is 0 Å². The van der Waals surface area contributed by atoms with Crippen LogP contribution in [0.1, 0.15) is 12.5 Å². The number of hydrogen-bond acceptors (Lipinski definition) is 4. The monoisotopic (exact) mass is 404 g/mol. The zero-order valence-electron chi connectivity index (χ0n) is 15.9. The van der Waals surface area contributed by atoms with E-state index in [1.165, 1.54) is 11.8 Å². The van der Waals surface area contributed by atoms with E-state index < -0.39 is 5.91 Å². The van der Waals surface area contributed by atoms with E-state index in [0.29, 0.717) is 16.6 Å². The van der Waals surface area contributed by atoms with Crippen molar-refractivity contribution in [2.24, 2.45) is 10.7 Å². The van der Waals surface area contributed by atoms with Crippen LogP contribution in [0.4, 0.5) is 5.69 Å². The Morgan fingerprint density at radius 2 is 1.86 bits per heavy atom. The standard InChI is InChI=1S/C22H20N4O2S/c1-2-26-21(28)19(29-22(26)24-16-8-4-3-5-9-16)12-15-13-25(14-20(23)27)18-11-7-6-10-17(15)18/h3-13H,2,14H2,1H3,(H2,23,27). The van der Waals surface area contributed by atoms with Crippen LogP contribution in [0.25, 0.3) is 17.0 Å². The Hall–Kier alpha value is -3.32. The van der Waals surface area contributed by atoms with Gasteiger partial charge in [-0.25, -0.2) is 4.99 Å². The number of aromatic nitrogens is 1. The predicted molar refractivity (Wildman–Crippen MR) is 118 cm³/mol. The largest absolute Gasteiger partial charge is 0.368 e. The Morgan fingerprint density at radius 1 is 1.14 bits per heavy atom. The Balaban J connectivity index is 1.74. The SMILES string of the molecule is CCN1C(=O)C(=Cc2cn(CC(N)=O)c3ccccc23)SC1=Nc1ccccc1. The second-order valence-electron chi connectivity index (χ2n) is 6.59. The number of nitrogens with zero attached hydrogens (tertiary/aromatic N) is 3. The summed E-state index contributed by atoms with van der Waals surface area (Å²) >= 11 is 1.36. The minimum absolute atomic E-state index is 0.0705. The molecule has 1 aromatic heterocycles. The lowest BCUT2D eigenvalue weighted by Crippen LogP contribution is -2.28. The van der Waals surface area contributed by atoms with Crippen LogP contribution in [-0.4, -0.2) is 33.0 Å². The second kappa shape index (κ2) is 7.97. The quantitative estimate of drug-likeness (QED) is 0.658. The number of fused-ring (bicyclic) bond motifs is 1. The maximum atomic E-state index is 12.9. The number of nitrogens with two attached hydrogens (primary N) is 1. The van der Waals surface area contributed by atoms with Crippen LogP contribution in [0.5, 0.6) is 0 Å². The van der Waals surface area contributed by atoms with Gasteiger partial charge < -0.3 is 10.3 Å². The molecule has 6 nitrogen and oxygen atoms in total. The first kappa shape index (κ1) is 19.0. The Labute approximate surface area is 172 Å². The van der Waals surface area contributed by atoms with Crippen molar-refractivity contribution in [2.75, 3.05) is 6.54 Å². The number of hydrogen-bond donors (Lipinski definition) is 1. The normalized spacial score (nSPS) is 17.0. The molecule has 4 rings (SSSR count). The maximum absolute atomic E-state index is 12.9. The summed E-state index contributed by atoms with van der Waals surface area (Å²) in [5.41, 5.74) is 7.96. The number of carbonyl (C=O) groups is 2. The topological polar surface area (TPSA) is 80.7 Å². The highest BCUT2D eigenvalue weighted by Crippen LogP contribution is 2.35. The fourth-order valence-electron chi connectivity index (χ4n) is 3.31. The van der Waals surface area contributed by atoms with Crippen LogP contribution in [0, 0.1) is 0 Å². The summed E-state index contributed by atoms with van der Waals surface area (Å²) in [6.07, 6.45) is 3.72. The minimum atomic E-state index is -0.411. The fourth-order valence-corrected chi connectivity index (χ4v) is 4.37. The van der Waals surface area contributed by atoms with Crippen molar-refractivity contribution in [3.8, 4) is 0 Å². The van der Waals surface area contributed by atoms with Crippen molar-refractivity contribution in [1.29, 1.82) is 0 Å². The highest BCUT2D eigenvalue weighted by atomic mass is 32.2. The molecule has 0 aliphatic carbocycles. The number of rotatable bonds is 5. The smallest absolute Gasteiger partial charge is 0.266 e. The lowest BCUT2D eigenvalue weighted by molar-refractivity contribution is -0.122. The van der Waals surface area contributed by atoms with Gasteiger partial charge in [0.25, 0.3) is 5.91 Å². The molecule has 0 spiro atoms. The van der Waals surface area contributed by atoms with Gasteiger partial charge >= 0.3 is 0 Å². The summed E-state index contributed by atoms with van der Waals surface area (Å²) in [4.78, 5) is 31.3. The van der Waals surface area contributed by atoms with Crippen LogP contribution >= 0.6 is 11.8 Å². The second-order valence-corrected chi connectivity index (χ2v) is 7.59. The molecular formula is C22H20N4O2S. The maximum Gasteiger partial charge on any atom is 0.266 e. The van der Waals surface area contributed by atoms with Crippen LogP contribution < -0.4 is 5.73 Å². The number of aliphatic imine (C=N–C) groups is 1. The average Bonchev–Trinajstić information content (AvgIpc) is 3.20. The van der Waals surface area contributed by atoms with E-state index in [1.807, 2.05) is 78.4 Å². The third kappa shape index (κ3) is 3.82. The highest BCUT2D eigenvalue weighted by Gasteiger charge is 2.32. The summed E-state index contributed by atoms with van der Waals surface area (Å²) in [7, 11) is 0. The number of benzene rings is 2. The van der Waals surface area contributed by atoms with Crippen LogP contribution in [-0.2, 0) is 16.1 Å². The summed E-state index contributed by atoms with van der Waals surface area (Å²) < 4.78 is 1.81. The van der Waals surface area contributed by atoms with Gasteiger partial charge in [-0.3, -0.25) is 14.5 Å². The molecule has 2 heterocycles. The fraction of sp³-hybridized carbons (Fsp3) is 0.136. The molecule has 0 atom stereocenters. The first-order chi connectivity index (χ1) is 14.1. The van der Waals surface area contributed by atoms with Crippen LogP contribution in [0.2, 0.25) is 0 Å². The van der Waals surface area contributed by atoms with Crippen molar-refractivity contribution >= 4 is 51.4 Å². The molecule has 29 heavy (non-hydrogen) atoms. The summed E-state index contributed by atoms with van der Waals surface area (Å²) in [5, 5.41) is 1.63. The summed E-state index contributed by atoms with van der Waals surface area (Å²) in [6.45, 7) is 2.56. The Morgan fingerprint density at radius 3 is 2.59 bits per heavy atom. The average molecular weight is 404 g/mol. The zero-order chi connectivity index (χ0) is 20.4. The van der Waals surface area contributed by atoms with Gasteiger partial charge in [0, 0.05) is 29.2 Å². The van der Waals surface area contributed by atoms with Gasteiger partial charge in [0.05, 0.1) is 10.6 Å². The van der Waals surface area contributed by atoms with Crippen molar-refractivity contribution in [3.63, 3.8) is 0 Å². The lowest BCUT2D eigenvalue weighted by Gasteiger charge is -2.11. The van der Waals surface area contributed by atoms with E-state index in [0.717, 1.165) is 22.2 Å². The van der Waals surface area contributed by atoms with Crippen molar-refractivity contribution in [2.45, 2.75) is 13.5 Å². The zero-order valence-corrected chi connectivity index (χ0v) is 16.7. The van der Waals surface area contributed by atoms with Gasteiger partial charge in [-0.2, -0.15) is 0 Å². The number of primary amides is 1. The van der Waals surface area contributed by atoms with Gasteiger partial charge in [0.1, 0.15) is 6.54 Å². The van der Waals surface area contributed by atoms with Crippen molar-refractivity contribution in [1.82, 2.24) is 9.47 Å². The minimum Gasteiger partial charge on any atom is -0.368 e.